The highest BCUT2D eigenvalue weighted by Gasteiger charge is 2.27. The number of alkyl carbamates (subject to hydrolysis) is 1. The number of carbonyl (C=O) groups excluding carboxylic acids is 1. The first-order valence-corrected chi connectivity index (χ1v) is 7.17. The third-order valence-electron chi connectivity index (χ3n) is 3.53. The fraction of sp³-hybridized carbons (Fsp3) is 0.467. The van der Waals surface area contributed by atoms with Gasteiger partial charge in [0.15, 0.2) is 0 Å². The van der Waals surface area contributed by atoms with Crippen molar-refractivity contribution in [2.75, 3.05) is 13.1 Å². The second kappa shape index (κ2) is 7.65. The number of aliphatic hydroxyl groups is 1. The molecule has 1 aromatic carbocycles. The summed E-state index contributed by atoms with van der Waals surface area (Å²) in [6, 6.07) is 8.80. The number of amides is 2. The number of likely N-dealkylation sites (tertiary alicyclic amines) is 1. The van der Waals surface area contributed by atoms with E-state index in [0.717, 1.165) is 5.56 Å². The van der Waals surface area contributed by atoms with Crippen LogP contribution in [0.5, 0.6) is 0 Å². The van der Waals surface area contributed by atoms with Gasteiger partial charge < -0.3 is 25.2 Å². The van der Waals surface area contributed by atoms with Crippen LogP contribution in [-0.2, 0) is 11.3 Å². The topological polar surface area (TPSA) is 99.1 Å². The van der Waals surface area contributed by atoms with Crippen LogP contribution >= 0.6 is 0 Å². The summed E-state index contributed by atoms with van der Waals surface area (Å²) in [6.07, 6.45) is -1.64. The second-order valence-corrected chi connectivity index (χ2v) is 5.31. The molecule has 1 aliphatic rings. The molecule has 2 amide bonds. The highest BCUT2D eigenvalue weighted by Crippen LogP contribution is 2.12. The number of benzene rings is 1. The van der Waals surface area contributed by atoms with Gasteiger partial charge in [-0.1, -0.05) is 30.3 Å². The maximum atomic E-state index is 11.8. The lowest BCUT2D eigenvalue weighted by atomic mass is 10.1. The lowest BCUT2D eigenvalue weighted by molar-refractivity contribution is 0.123. The molecule has 0 saturated carbocycles. The molecule has 0 radical (unpaired) electrons. The van der Waals surface area contributed by atoms with Crippen LogP contribution in [0.4, 0.5) is 9.59 Å². The molecular weight excluding hydrogens is 288 g/mol. The number of hydrogen-bond donors (Lipinski definition) is 3. The molecule has 1 aromatic rings. The van der Waals surface area contributed by atoms with E-state index in [1.54, 1.807) is 0 Å². The summed E-state index contributed by atoms with van der Waals surface area (Å²) >= 11 is 0. The van der Waals surface area contributed by atoms with Crippen LogP contribution in [0.1, 0.15) is 18.4 Å². The molecule has 22 heavy (non-hydrogen) atoms. The van der Waals surface area contributed by atoms with E-state index in [9.17, 15) is 14.7 Å². The van der Waals surface area contributed by atoms with Crippen LogP contribution in [0.15, 0.2) is 30.3 Å². The molecule has 3 N–H and O–H groups in total. The Morgan fingerprint density at radius 3 is 2.73 bits per heavy atom. The number of rotatable bonds is 3. The van der Waals surface area contributed by atoms with Gasteiger partial charge in [-0.05, 0) is 18.4 Å². The maximum Gasteiger partial charge on any atom is 0.407 e. The molecule has 120 valence electrons. The zero-order valence-electron chi connectivity index (χ0n) is 12.1. The Morgan fingerprint density at radius 1 is 1.32 bits per heavy atom. The van der Waals surface area contributed by atoms with Gasteiger partial charge in [-0.25, -0.2) is 9.59 Å². The zero-order chi connectivity index (χ0) is 15.9. The largest absolute Gasteiger partial charge is 0.465 e. The summed E-state index contributed by atoms with van der Waals surface area (Å²) < 4.78 is 5.10. The zero-order valence-corrected chi connectivity index (χ0v) is 12.1. The molecule has 2 atom stereocenters. The van der Waals surface area contributed by atoms with Gasteiger partial charge in [0, 0.05) is 13.1 Å². The number of carbonyl (C=O) groups is 2. The van der Waals surface area contributed by atoms with E-state index in [-0.39, 0.29) is 19.7 Å². The predicted molar refractivity (Wildman–Crippen MR) is 78.4 cm³/mol. The molecule has 7 nitrogen and oxygen atoms in total. The van der Waals surface area contributed by atoms with Crippen molar-refractivity contribution in [2.45, 2.75) is 31.6 Å². The van der Waals surface area contributed by atoms with Gasteiger partial charge in [-0.2, -0.15) is 0 Å². The highest BCUT2D eigenvalue weighted by molar-refractivity contribution is 5.68. The first kappa shape index (κ1) is 16.1. The first-order valence-electron chi connectivity index (χ1n) is 7.17. The van der Waals surface area contributed by atoms with Crippen LogP contribution in [-0.4, -0.2) is 52.5 Å². The van der Waals surface area contributed by atoms with Crippen LogP contribution < -0.4 is 5.32 Å². The molecule has 0 aliphatic carbocycles. The van der Waals surface area contributed by atoms with Crippen LogP contribution in [0.2, 0.25) is 0 Å². The Hall–Kier alpha value is -2.28. The van der Waals surface area contributed by atoms with E-state index < -0.39 is 24.3 Å². The van der Waals surface area contributed by atoms with Crippen molar-refractivity contribution in [3.63, 3.8) is 0 Å². The highest BCUT2D eigenvalue weighted by atomic mass is 16.5. The Kier molecular flexibility index (Phi) is 5.60. The summed E-state index contributed by atoms with van der Waals surface area (Å²) in [6.45, 7) is 0.547. The van der Waals surface area contributed by atoms with Crippen LogP contribution in [0.25, 0.3) is 0 Å². The molecule has 0 bridgehead atoms. The summed E-state index contributed by atoms with van der Waals surface area (Å²) in [4.78, 5) is 24.0. The lowest BCUT2D eigenvalue weighted by Crippen LogP contribution is -2.44. The van der Waals surface area contributed by atoms with E-state index in [0.29, 0.717) is 12.8 Å². The molecule has 1 unspecified atom stereocenters. The number of aliphatic hydroxyl groups excluding tert-OH is 1. The monoisotopic (exact) mass is 308 g/mol. The molecule has 1 fully saturated rings. The molecule has 0 aromatic heterocycles. The van der Waals surface area contributed by atoms with E-state index in [4.69, 9.17) is 9.84 Å². The molecular formula is C15H20N2O5. The van der Waals surface area contributed by atoms with Crippen molar-refractivity contribution in [3.8, 4) is 0 Å². The second-order valence-electron chi connectivity index (χ2n) is 5.31. The van der Waals surface area contributed by atoms with Gasteiger partial charge in [0.05, 0.1) is 12.1 Å². The van der Waals surface area contributed by atoms with Crippen LogP contribution in [0.3, 0.4) is 0 Å². The smallest absolute Gasteiger partial charge is 0.407 e. The molecule has 1 saturated heterocycles. The van der Waals surface area contributed by atoms with E-state index in [1.165, 1.54) is 4.90 Å². The van der Waals surface area contributed by atoms with E-state index >= 15 is 0 Å². The first-order chi connectivity index (χ1) is 10.5. The third-order valence-corrected chi connectivity index (χ3v) is 3.53. The van der Waals surface area contributed by atoms with Crippen LogP contribution in [0, 0.1) is 0 Å². The Balaban J connectivity index is 1.84. The van der Waals surface area contributed by atoms with Crippen molar-refractivity contribution < 1.29 is 24.5 Å². The summed E-state index contributed by atoms with van der Waals surface area (Å²) in [5.41, 5.74) is 0.866. The van der Waals surface area contributed by atoms with E-state index in [2.05, 4.69) is 5.32 Å². The number of carboxylic acid groups (broad SMARTS) is 1. The Morgan fingerprint density at radius 2 is 2.05 bits per heavy atom. The van der Waals surface area contributed by atoms with Crippen molar-refractivity contribution in [3.05, 3.63) is 35.9 Å². The molecule has 1 heterocycles. The van der Waals surface area contributed by atoms with Gasteiger partial charge in [0.1, 0.15) is 6.61 Å². The lowest BCUT2D eigenvalue weighted by Gasteiger charge is -2.22. The Labute approximate surface area is 128 Å². The number of hydrogen-bond acceptors (Lipinski definition) is 4. The molecule has 1 aliphatic heterocycles. The van der Waals surface area contributed by atoms with Crippen molar-refractivity contribution >= 4 is 12.2 Å². The van der Waals surface area contributed by atoms with Crippen molar-refractivity contribution in [2.24, 2.45) is 0 Å². The van der Waals surface area contributed by atoms with Gasteiger partial charge in [0.2, 0.25) is 0 Å². The predicted octanol–water partition coefficient (Wildman–Crippen LogP) is 1.42. The number of nitrogens with zero attached hydrogens (tertiary/aromatic N) is 1. The number of ether oxygens (including phenoxy) is 1. The normalized spacial score (nSPS) is 21.8. The average molecular weight is 308 g/mol. The van der Waals surface area contributed by atoms with Gasteiger partial charge in [-0.3, -0.25) is 0 Å². The average Bonchev–Trinajstić information content (AvgIpc) is 2.68. The quantitative estimate of drug-likeness (QED) is 0.784. The summed E-state index contributed by atoms with van der Waals surface area (Å²) in [5, 5.41) is 21.4. The Bertz CT molecular complexity index is 508. The van der Waals surface area contributed by atoms with Gasteiger partial charge in [-0.15, -0.1) is 0 Å². The minimum Gasteiger partial charge on any atom is -0.465 e. The van der Waals surface area contributed by atoms with Crippen molar-refractivity contribution in [1.29, 1.82) is 0 Å². The number of nitrogens with one attached hydrogen (secondary N) is 1. The van der Waals surface area contributed by atoms with Gasteiger partial charge >= 0.3 is 12.2 Å². The maximum absolute atomic E-state index is 11.8. The minimum absolute atomic E-state index is 0.143. The fourth-order valence-electron chi connectivity index (χ4n) is 2.39. The molecule has 2 rings (SSSR count). The SMILES string of the molecule is O=C(N[C@H]1CC(O)CCN(C(=O)O)C1)OCc1ccccc1. The standard InChI is InChI=1S/C15H20N2O5/c18-13-6-7-17(15(20)21)9-12(8-13)16-14(19)22-10-11-4-2-1-3-5-11/h1-5,12-13,18H,6-10H2,(H,16,19)(H,20,21)/t12-,13?/m0/s1. The minimum atomic E-state index is -1.06. The fourth-order valence-corrected chi connectivity index (χ4v) is 2.39. The summed E-state index contributed by atoms with van der Waals surface area (Å²) in [7, 11) is 0. The molecule has 7 heteroatoms. The summed E-state index contributed by atoms with van der Waals surface area (Å²) in [5.74, 6) is 0. The van der Waals surface area contributed by atoms with Crippen molar-refractivity contribution in [1.82, 2.24) is 10.2 Å². The van der Waals surface area contributed by atoms with E-state index in [1.807, 2.05) is 30.3 Å². The van der Waals surface area contributed by atoms with Gasteiger partial charge in [0.25, 0.3) is 0 Å². The third kappa shape index (κ3) is 4.92. The molecule has 0 spiro atoms.